The van der Waals surface area contributed by atoms with Crippen LogP contribution in [0.15, 0.2) is 23.1 Å². The van der Waals surface area contributed by atoms with Crippen LogP contribution in [-0.4, -0.2) is 26.0 Å². The molecule has 112 valence electrons. The van der Waals surface area contributed by atoms with E-state index >= 15 is 0 Å². The molecule has 0 aliphatic heterocycles. The Morgan fingerprint density at radius 1 is 1.15 bits per heavy atom. The SMILES string of the molecule is Cc1ccc(S(=O)(=O)NCCCCCC(=O)O)cc1C. The fourth-order valence-corrected chi connectivity index (χ4v) is 2.91. The summed E-state index contributed by atoms with van der Waals surface area (Å²) in [5, 5.41) is 8.48. The minimum absolute atomic E-state index is 0.129. The Morgan fingerprint density at radius 3 is 2.45 bits per heavy atom. The highest BCUT2D eigenvalue weighted by Gasteiger charge is 2.13. The largest absolute Gasteiger partial charge is 0.481 e. The van der Waals surface area contributed by atoms with Crippen molar-refractivity contribution >= 4 is 16.0 Å². The second-order valence-electron chi connectivity index (χ2n) is 4.85. The Labute approximate surface area is 120 Å². The van der Waals surface area contributed by atoms with E-state index in [4.69, 9.17) is 5.11 Å². The molecular formula is C14H21NO4S. The van der Waals surface area contributed by atoms with Crippen LogP contribution in [0, 0.1) is 13.8 Å². The van der Waals surface area contributed by atoms with Crippen LogP contribution in [0.5, 0.6) is 0 Å². The zero-order valence-electron chi connectivity index (χ0n) is 11.8. The molecule has 0 heterocycles. The highest BCUT2D eigenvalue weighted by atomic mass is 32.2. The predicted octanol–water partition coefficient (Wildman–Crippen LogP) is 2.23. The second kappa shape index (κ2) is 7.40. The second-order valence-corrected chi connectivity index (χ2v) is 6.62. The van der Waals surface area contributed by atoms with Crippen LogP contribution in [-0.2, 0) is 14.8 Å². The fourth-order valence-electron chi connectivity index (χ4n) is 1.75. The standard InChI is InChI=1S/C14H21NO4S/c1-11-7-8-13(10-12(11)2)20(18,19)15-9-5-3-4-6-14(16)17/h7-8,10,15H,3-6,9H2,1-2H3,(H,16,17). The van der Waals surface area contributed by atoms with Crippen LogP contribution in [0.2, 0.25) is 0 Å². The van der Waals surface area contributed by atoms with Crippen molar-refractivity contribution in [1.29, 1.82) is 0 Å². The van der Waals surface area contributed by atoms with E-state index in [9.17, 15) is 13.2 Å². The molecule has 0 radical (unpaired) electrons. The molecule has 0 fully saturated rings. The molecule has 0 amide bonds. The van der Waals surface area contributed by atoms with Crippen molar-refractivity contribution in [1.82, 2.24) is 4.72 Å². The molecular weight excluding hydrogens is 278 g/mol. The van der Waals surface area contributed by atoms with Gasteiger partial charge in [-0.25, -0.2) is 13.1 Å². The minimum atomic E-state index is -3.47. The molecule has 1 rings (SSSR count). The molecule has 0 atom stereocenters. The maximum atomic E-state index is 12.0. The lowest BCUT2D eigenvalue weighted by Crippen LogP contribution is -2.24. The van der Waals surface area contributed by atoms with Crippen molar-refractivity contribution in [3.63, 3.8) is 0 Å². The first-order valence-corrected chi connectivity index (χ1v) is 8.10. The predicted molar refractivity (Wildman–Crippen MR) is 77.2 cm³/mol. The van der Waals surface area contributed by atoms with Crippen molar-refractivity contribution < 1.29 is 18.3 Å². The molecule has 0 aliphatic carbocycles. The van der Waals surface area contributed by atoms with Gasteiger partial charge in [-0.2, -0.15) is 0 Å². The molecule has 0 saturated heterocycles. The van der Waals surface area contributed by atoms with Gasteiger partial charge in [-0.05, 0) is 49.9 Å². The van der Waals surface area contributed by atoms with Gasteiger partial charge in [0.2, 0.25) is 10.0 Å². The van der Waals surface area contributed by atoms with Crippen LogP contribution in [0.25, 0.3) is 0 Å². The number of carboxylic acids is 1. The maximum absolute atomic E-state index is 12.0. The summed E-state index contributed by atoms with van der Waals surface area (Å²) in [4.78, 5) is 10.6. The van der Waals surface area contributed by atoms with Gasteiger partial charge in [-0.3, -0.25) is 4.79 Å². The summed E-state index contributed by atoms with van der Waals surface area (Å²) in [6.07, 6.45) is 2.03. The number of hydrogen-bond donors (Lipinski definition) is 2. The van der Waals surface area contributed by atoms with E-state index in [0.29, 0.717) is 25.8 Å². The van der Waals surface area contributed by atoms with E-state index in [2.05, 4.69) is 4.72 Å². The first-order valence-electron chi connectivity index (χ1n) is 6.61. The van der Waals surface area contributed by atoms with E-state index < -0.39 is 16.0 Å². The van der Waals surface area contributed by atoms with Crippen molar-refractivity contribution in [2.45, 2.75) is 44.4 Å². The van der Waals surface area contributed by atoms with Gasteiger partial charge in [-0.1, -0.05) is 12.5 Å². The number of aliphatic carboxylic acids is 1. The van der Waals surface area contributed by atoms with Gasteiger partial charge >= 0.3 is 5.97 Å². The molecule has 1 aromatic carbocycles. The number of unbranched alkanes of at least 4 members (excludes halogenated alkanes) is 2. The number of aryl methyl sites for hydroxylation is 2. The average molecular weight is 299 g/mol. The third-order valence-corrected chi connectivity index (χ3v) is 4.61. The first-order chi connectivity index (χ1) is 9.33. The average Bonchev–Trinajstić information content (AvgIpc) is 2.36. The number of carboxylic acid groups (broad SMARTS) is 1. The number of hydrogen-bond acceptors (Lipinski definition) is 3. The Morgan fingerprint density at radius 2 is 1.85 bits per heavy atom. The Bertz CT molecular complexity index is 567. The molecule has 0 unspecified atom stereocenters. The van der Waals surface area contributed by atoms with Crippen molar-refractivity contribution in [3.05, 3.63) is 29.3 Å². The van der Waals surface area contributed by atoms with Gasteiger partial charge in [0.1, 0.15) is 0 Å². The number of rotatable bonds is 8. The molecule has 0 saturated carbocycles. The zero-order chi connectivity index (χ0) is 15.2. The number of nitrogens with one attached hydrogen (secondary N) is 1. The van der Waals surface area contributed by atoms with Crippen LogP contribution in [0.4, 0.5) is 0 Å². The van der Waals surface area contributed by atoms with Crippen molar-refractivity contribution in [3.8, 4) is 0 Å². The summed E-state index contributed by atoms with van der Waals surface area (Å²) in [6.45, 7) is 4.14. The van der Waals surface area contributed by atoms with E-state index in [0.717, 1.165) is 11.1 Å². The summed E-state index contributed by atoms with van der Waals surface area (Å²) in [7, 11) is -3.47. The van der Waals surface area contributed by atoms with Gasteiger partial charge in [0.15, 0.2) is 0 Å². The molecule has 0 bridgehead atoms. The van der Waals surface area contributed by atoms with Crippen molar-refractivity contribution in [2.75, 3.05) is 6.54 Å². The lowest BCUT2D eigenvalue weighted by molar-refractivity contribution is -0.137. The lowest BCUT2D eigenvalue weighted by Gasteiger charge is -2.08. The smallest absolute Gasteiger partial charge is 0.303 e. The normalized spacial score (nSPS) is 11.5. The molecule has 6 heteroatoms. The van der Waals surface area contributed by atoms with Gasteiger partial charge in [0.25, 0.3) is 0 Å². The van der Waals surface area contributed by atoms with Crippen LogP contribution < -0.4 is 4.72 Å². The van der Waals surface area contributed by atoms with E-state index in [1.807, 2.05) is 13.8 Å². The monoisotopic (exact) mass is 299 g/mol. The maximum Gasteiger partial charge on any atom is 0.303 e. The third-order valence-electron chi connectivity index (χ3n) is 3.15. The minimum Gasteiger partial charge on any atom is -0.481 e. The number of sulfonamides is 1. The number of benzene rings is 1. The van der Waals surface area contributed by atoms with Gasteiger partial charge in [-0.15, -0.1) is 0 Å². The fraction of sp³-hybridized carbons (Fsp3) is 0.500. The zero-order valence-corrected chi connectivity index (χ0v) is 12.7. The molecule has 20 heavy (non-hydrogen) atoms. The molecule has 0 spiro atoms. The van der Waals surface area contributed by atoms with E-state index in [1.54, 1.807) is 18.2 Å². The van der Waals surface area contributed by atoms with Crippen LogP contribution in [0.3, 0.4) is 0 Å². The van der Waals surface area contributed by atoms with E-state index in [-0.39, 0.29) is 11.3 Å². The number of carbonyl (C=O) groups is 1. The summed E-state index contributed by atoms with van der Waals surface area (Å²) in [5.74, 6) is -0.819. The third kappa shape index (κ3) is 5.30. The van der Waals surface area contributed by atoms with Gasteiger partial charge in [0, 0.05) is 13.0 Å². The topological polar surface area (TPSA) is 83.5 Å². The molecule has 2 N–H and O–H groups in total. The highest BCUT2D eigenvalue weighted by Crippen LogP contribution is 2.14. The molecule has 1 aromatic rings. The van der Waals surface area contributed by atoms with Crippen LogP contribution in [0.1, 0.15) is 36.8 Å². The molecule has 0 aromatic heterocycles. The van der Waals surface area contributed by atoms with Crippen molar-refractivity contribution in [2.24, 2.45) is 0 Å². The van der Waals surface area contributed by atoms with Gasteiger partial charge < -0.3 is 5.11 Å². The Hall–Kier alpha value is -1.40. The quantitative estimate of drug-likeness (QED) is 0.721. The summed E-state index contributed by atoms with van der Waals surface area (Å²) in [5.41, 5.74) is 1.99. The Balaban J connectivity index is 2.45. The van der Waals surface area contributed by atoms with Gasteiger partial charge in [0.05, 0.1) is 4.90 Å². The molecule has 5 nitrogen and oxygen atoms in total. The summed E-state index contributed by atoms with van der Waals surface area (Å²) in [6, 6.07) is 5.04. The lowest BCUT2D eigenvalue weighted by atomic mass is 10.1. The molecule has 0 aliphatic rings. The Kier molecular flexibility index (Phi) is 6.16. The summed E-state index contributed by atoms with van der Waals surface area (Å²) < 4.78 is 26.6. The highest BCUT2D eigenvalue weighted by molar-refractivity contribution is 7.89. The van der Waals surface area contributed by atoms with E-state index in [1.165, 1.54) is 0 Å². The summed E-state index contributed by atoms with van der Waals surface area (Å²) >= 11 is 0. The van der Waals surface area contributed by atoms with Crippen LogP contribution >= 0.6 is 0 Å². The first kappa shape index (κ1) is 16.7.